The molecule has 7 nitrogen and oxygen atoms in total. The van der Waals surface area contributed by atoms with Gasteiger partial charge in [0.05, 0.1) is 12.6 Å². The summed E-state index contributed by atoms with van der Waals surface area (Å²) in [7, 11) is 0. The molecule has 1 aromatic heterocycles. The zero-order valence-electron chi connectivity index (χ0n) is 14.5. The zero-order valence-corrected chi connectivity index (χ0v) is 15.2. The molecule has 2 heterocycles. The maximum atomic E-state index is 12.9. The van der Waals surface area contributed by atoms with E-state index in [0.717, 1.165) is 12.0 Å². The van der Waals surface area contributed by atoms with E-state index in [1.807, 2.05) is 25.1 Å². The first-order valence-electron chi connectivity index (χ1n) is 8.55. The molecule has 0 saturated heterocycles. The number of carbonyl (C=O) groups excluding carboxylic acids is 2. The number of fused-ring (bicyclic) bond motifs is 1. The summed E-state index contributed by atoms with van der Waals surface area (Å²) in [5.74, 6) is -0.598. The SMILES string of the molecule is CCCN(Cc1cccc(Cl)c1)C(=O)c1cc2n(n1)C[C@@H](O)CNC2=O. The molecule has 8 heteroatoms. The van der Waals surface area contributed by atoms with Crippen LogP contribution in [0, 0.1) is 0 Å². The fourth-order valence-corrected chi connectivity index (χ4v) is 3.16. The quantitative estimate of drug-likeness (QED) is 0.831. The first kappa shape index (κ1) is 18.4. The summed E-state index contributed by atoms with van der Waals surface area (Å²) in [5.41, 5.74) is 1.40. The molecule has 1 aliphatic heterocycles. The van der Waals surface area contributed by atoms with E-state index in [4.69, 9.17) is 11.6 Å². The number of amides is 2. The second-order valence-electron chi connectivity index (χ2n) is 6.32. The van der Waals surface area contributed by atoms with Gasteiger partial charge in [-0.25, -0.2) is 0 Å². The first-order valence-corrected chi connectivity index (χ1v) is 8.93. The van der Waals surface area contributed by atoms with Crippen LogP contribution in [0.1, 0.15) is 39.9 Å². The van der Waals surface area contributed by atoms with Crippen LogP contribution >= 0.6 is 11.6 Å². The van der Waals surface area contributed by atoms with Crippen LogP contribution in [0.2, 0.25) is 5.02 Å². The van der Waals surface area contributed by atoms with Crippen LogP contribution in [0.4, 0.5) is 0 Å². The van der Waals surface area contributed by atoms with Crippen LogP contribution in [-0.4, -0.2) is 50.8 Å². The van der Waals surface area contributed by atoms with E-state index < -0.39 is 6.10 Å². The largest absolute Gasteiger partial charge is 0.389 e. The van der Waals surface area contributed by atoms with Gasteiger partial charge >= 0.3 is 0 Å². The monoisotopic (exact) mass is 376 g/mol. The number of hydrogen-bond donors (Lipinski definition) is 2. The number of hydrogen-bond acceptors (Lipinski definition) is 4. The van der Waals surface area contributed by atoms with Crippen LogP contribution < -0.4 is 5.32 Å². The smallest absolute Gasteiger partial charge is 0.274 e. The minimum absolute atomic E-state index is 0.169. The van der Waals surface area contributed by atoms with Gasteiger partial charge in [-0.3, -0.25) is 14.3 Å². The first-order chi connectivity index (χ1) is 12.5. The second kappa shape index (κ2) is 7.88. The highest BCUT2D eigenvalue weighted by molar-refractivity contribution is 6.30. The molecule has 1 aliphatic rings. The Labute approximate surface area is 156 Å². The summed E-state index contributed by atoms with van der Waals surface area (Å²) in [6, 6.07) is 8.85. The van der Waals surface area contributed by atoms with Crippen molar-refractivity contribution in [3.63, 3.8) is 0 Å². The number of β-amino-alcohol motifs (C(OH)–C–C–N with tert-alkyl or cyclic N) is 1. The van der Waals surface area contributed by atoms with Gasteiger partial charge in [0.1, 0.15) is 5.69 Å². The van der Waals surface area contributed by atoms with Gasteiger partial charge in [0.25, 0.3) is 11.8 Å². The van der Waals surface area contributed by atoms with Crippen LogP contribution in [0.25, 0.3) is 0 Å². The van der Waals surface area contributed by atoms with Crippen molar-refractivity contribution in [2.24, 2.45) is 0 Å². The summed E-state index contributed by atoms with van der Waals surface area (Å²) < 4.78 is 1.39. The van der Waals surface area contributed by atoms with Crippen LogP contribution in [-0.2, 0) is 13.1 Å². The molecule has 2 N–H and O–H groups in total. The highest BCUT2D eigenvalue weighted by Crippen LogP contribution is 2.16. The van der Waals surface area contributed by atoms with Gasteiger partial charge in [0.15, 0.2) is 5.69 Å². The molecule has 1 atom stereocenters. The van der Waals surface area contributed by atoms with Crippen molar-refractivity contribution in [3.05, 3.63) is 52.3 Å². The maximum Gasteiger partial charge on any atom is 0.274 e. The Balaban J connectivity index is 1.84. The van der Waals surface area contributed by atoms with Gasteiger partial charge in [0, 0.05) is 30.7 Å². The van der Waals surface area contributed by atoms with Crippen molar-refractivity contribution < 1.29 is 14.7 Å². The molecule has 2 amide bonds. The van der Waals surface area contributed by atoms with E-state index in [0.29, 0.717) is 18.1 Å². The summed E-state index contributed by atoms with van der Waals surface area (Å²) >= 11 is 6.03. The van der Waals surface area contributed by atoms with E-state index in [9.17, 15) is 14.7 Å². The molecule has 1 aromatic carbocycles. The lowest BCUT2D eigenvalue weighted by atomic mass is 10.2. The number of halogens is 1. The standard InChI is InChI=1S/C18H21ClN4O3/c1-2-6-22(10-12-4-3-5-13(19)7-12)18(26)15-8-16-17(25)20-9-14(24)11-23(16)21-15/h3-5,7-8,14,24H,2,6,9-11H2,1H3,(H,20,25)/t14-/m0/s1. The Kier molecular flexibility index (Phi) is 5.58. The lowest BCUT2D eigenvalue weighted by Gasteiger charge is -2.21. The molecular formula is C18H21ClN4O3. The van der Waals surface area contributed by atoms with Crippen molar-refractivity contribution in [1.29, 1.82) is 0 Å². The maximum absolute atomic E-state index is 12.9. The predicted octanol–water partition coefficient (Wildman–Crippen LogP) is 1.69. The highest BCUT2D eigenvalue weighted by Gasteiger charge is 2.26. The van der Waals surface area contributed by atoms with Crippen LogP contribution in [0.3, 0.4) is 0 Å². The highest BCUT2D eigenvalue weighted by atomic mass is 35.5. The molecule has 0 bridgehead atoms. The third-order valence-corrected chi connectivity index (χ3v) is 4.39. The van der Waals surface area contributed by atoms with Gasteiger partial charge in [-0.15, -0.1) is 0 Å². The van der Waals surface area contributed by atoms with Gasteiger partial charge in [-0.05, 0) is 24.1 Å². The number of carbonyl (C=O) groups is 2. The minimum Gasteiger partial charge on any atom is -0.389 e. The molecule has 0 unspecified atom stereocenters. The number of nitrogens with zero attached hydrogens (tertiary/aromatic N) is 3. The zero-order chi connectivity index (χ0) is 18.7. The van der Waals surface area contributed by atoms with E-state index >= 15 is 0 Å². The van der Waals surface area contributed by atoms with Crippen molar-refractivity contribution in [3.8, 4) is 0 Å². The van der Waals surface area contributed by atoms with Gasteiger partial charge in [-0.1, -0.05) is 30.7 Å². The Morgan fingerprint density at radius 3 is 3.00 bits per heavy atom. The number of benzene rings is 1. The fraction of sp³-hybridized carbons (Fsp3) is 0.389. The third kappa shape index (κ3) is 4.05. The lowest BCUT2D eigenvalue weighted by Crippen LogP contribution is -2.32. The fourth-order valence-electron chi connectivity index (χ4n) is 2.95. The van der Waals surface area contributed by atoms with Gasteiger partial charge in [-0.2, -0.15) is 5.10 Å². The summed E-state index contributed by atoms with van der Waals surface area (Å²) in [6.07, 6.45) is 0.0558. The molecule has 138 valence electrons. The van der Waals surface area contributed by atoms with Gasteiger partial charge < -0.3 is 15.3 Å². The summed E-state index contributed by atoms with van der Waals surface area (Å²) in [6.45, 7) is 3.29. The topological polar surface area (TPSA) is 87.5 Å². The summed E-state index contributed by atoms with van der Waals surface area (Å²) in [5, 5.41) is 17.3. The summed E-state index contributed by atoms with van der Waals surface area (Å²) in [4.78, 5) is 26.7. The number of aliphatic hydroxyl groups is 1. The van der Waals surface area contributed by atoms with Crippen molar-refractivity contribution >= 4 is 23.4 Å². The average molecular weight is 377 g/mol. The third-order valence-electron chi connectivity index (χ3n) is 4.16. The molecule has 0 radical (unpaired) electrons. The Hall–Kier alpha value is -2.38. The van der Waals surface area contributed by atoms with E-state index in [1.54, 1.807) is 11.0 Å². The molecule has 0 aliphatic carbocycles. The van der Waals surface area contributed by atoms with E-state index in [-0.39, 0.29) is 36.3 Å². The minimum atomic E-state index is -0.735. The van der Waals surface area contributed by atoms with Gasteiger partial charge in [0.2, 0.25) is 0 Å². The Morgan fingerprint density at radius 2 is 2.27 bits per heavy atom. The number of aliphatic hydroxyl groups excluding tert-OH is 1. The Bertz CT molecular complexity index is 821. The van der Waals surface area contributed by atoms with Crippen molar-refractivity contribution in [2.45, 2.75) is 32.5 Å². The molecule has 2 aromatic rings. The molecule has 0 saturated carbocycles. The normalized spacial score (nSPS) is 16.6. The van der Waals surface area contributed by atoms with Crippen molar-refractivity contribution in [2.75, 3.05) is 13.1 Å². The number of rotatable bonds is 5. The second-order valence-corrected chi connectivity index (χ2v) is 6.75. The van der Waals surface area contributed by atoms with E-state index in [2.05, 4.69) is 10.4 Å². The van der Waals surface area contributed by atoms with E-state index in [1.165, 1.54) is 10.7 Å². The Morgan fingerprint density at radius 1 is 1.46 bits per heavy atom. The molecule has 0 fully saturated rings. The number of aromatic nitrogens is 2. The predicted molar refractivity (Wildman–Crippen MR) is 97.1 cm³/mol. The van der Waals surface area contributed by atoms with Crippen molar-refractivity contribution in [1.82, 2.24) is 20.0 Å². The van der Waals surface area contributed by atoms with Crippen LogP contribution in [0.5, 0.6) is 0 Å². The molecule has 0 spiro atoms. The number of nitrogens with one attached hydrogen (secondary N) is 1. The molecule has 3 rings (SSSR count). The molecule has 26 heavy (non-hydrogen) atoms. The van der Waals surface area contributed by atoms with Crippen LogP contribution in [0.15, 0.2) is 30.3 Å². The average Bonchev–Trinajstić information content (AvgIpc) is 2.97. The molecular weight excluding hydrogens is 356 g/mol. The lowest BCUT2D eigenvalue weighted by molar-refractivity contribution is 0.0735.